The number of aromatic nitrogens is 2. The molecule has 0 N–H and O–H groups in total. The van der Waals surface area contributed by atoms with Gasteiger partial charge in [0.2, 0.25) is 0 Å². The van der Waals surface area contributed by atoms with Gasteiger partial charge >= 0.3 is 0 Å². The van der Waals surface area contributed by atoms with E-state index in [-0.39, 0.29) is 0 Å². The summed E-state index contributed by atoms with van der Waals surface area (Å²) in [4.78, 5) is 4.65. The number of hydrogen-bond donors (Lipinski definition) is 0. The maximum Gasteiger partial charge on any atom is 0.145 e. The average molecular weight is 314 g/mol. The Morgan fingerprint density at radius 3 is 2.75 bits per heavy atom. The Labute approximate surface area is 139 Å². The molecule has 0 saturated carbocycles. The first-order valence-corrected chi connectivity index (χ1v) is 8.55. The van der Waals surface area contributed by atoms with E-state index in [1.165, 1.54) is 33.5 Å². The lowest BCUT2D eigenvalue weighted by atomic mass is 10.1. The Kier molecular flexibility index (Phi) is 2.89. The normalized spacial score (nSPS) is 12.0. The van der Waals surface area contributed by atoms with E-state index in [0.717, 1.165) is 29.8 Å². The number of para-hydroxylation sites is 1. The van der Waals surface area contributed by atoms with Gasteiger partial charge in [-0.1, -0.05) is 31.5 Å². The summed E-state index contributed by atoms with van der Waals surface area (Å²) < 4.78 is 8.58. The molecule has 0 unspecified atom stereocenters. The van der Waals surface area contributed by atoms with E-state index in [0.29, 0.717) is 0 Å². The molecule has 0 aliphatic heterocycles. The Hall–Kier alpha value is -2.81. The van der Waals surface area contributed by atoms with Crippen LogP contribution in [-0.4, -0.2) is 9.55 Å². The van der Waals surface area contributed by atoms with Crippen LogP contribution in [0.4, 0.5) is 0 Å². The fraction of sp³-hybridized carbons (Fsp3) is 0.190. The van der Waals surface area contributed by atoms with Gasteiger partial charge in [-0.2, -0.15) is 0 Å². The highest BCUT2D eigenvalue weighted by Gasteiger charge is 2.17. The number of furan rings is 1. The second-order valence-electron chi connectivity index (χ2n) is 6.31. The van der Waals surface area contributed by atoms with E-state index < -0.39 is 0 Å². The van der Waals surface area contributed by atoms with Crippen molar-refractivity contribution < 1.29 is 4.42 Å². The molecule has 0 radical (unpaired) electrons. The van der Waals surface area contributed by atoms with Crippen molar-refractivity contribution in [2.75, 3.05) is 0 Å². The first-order valence-electron chi connectivity index (χ1n) is 8.55. The first-order chi connectivity index (χ1) is 11.9. The SMILES string of the molecule is CCCCn1c2ccc3c4ccccc4oc3c2c2cccnc21. The predicted octanol–water partition coefficient (Wildman–Crippen LogP) is 5.89. The third kappa shape index (κ3) is 1.75. The zero-order valence-electron chi connectivity index (χ0n) is 13.6. The quantitative estimate of drug-likeness (QED) is 0.416. The fourth-order valence-corrected chi connectivity index (χ4v) is 3.73. The topological polar surface area (TPSA) is 31.0 Å². The van der Waals surface area contributed by atoms with Crippen LogP contribution in [-0.2, 0) is 6.54 Å². The Morgan fingerprint density at radius 1 is 0.958 bits per heavy atom. The van der Waals surface area contributed by atoms with Crippen LogP contribution < -0.4 is 0 Å². The first kappa shape index (κ1) is 13.6. The van der Waals surface area contributed by atoms with E-state index in [1.54, 1.807) is 0 Å². The molecule has 0 aliphatic carbocycles. The summed E-state index contributed by atoms with van der Waals surface area (Å²) in [6, 6.07) is 16.8. The second-order valence-corrected chi connectivity index (χ2v) is 6.31. The van der Waals surface area contributed by atoms with Gasteiger partial charge in [-0.3, -0.25) is 0 Å². The van der Waals surface area contributed by atoms with Crippen molar-refractivity contribution in [1.29, 1.82) is 0 Å². The molecule has 3 heterocycles. The number of hydrogen-bond acceptors (Lipinski definition) is 2. The maximum atomic E-state index is 6.25. The third-order valence-electron chi connectivity index (χ3n) is 4.86. The fourth-order valence-electron chi connectivity index (χ4n) is 3.73. The van der Waals surface area contributed by atoms with Crippen LogP contribution >= 0.6 is 0 Å². The highest BCUT2D eigenvalue weighted by molar-refractivity contribution is 6.22. The summed E-state index contributed by atoms with van der Waals surface area (Å²) in [5.74, 6) is 0. The van der Waals surface area contributed by atoms with Crippen LogP contribution in [0.15, 0.2) is 59.1 Å². The molecule has 3 aromatic heterocycles. The Bertz CT molecular complexity index is 1200. The van der Waals surface area contributed by atoms with E-state index in [2.05, 4.69) is 46.8 Å². The molecule has 5 rings (SSSR count). The zero-order valence-corrected chi connectivity index (χ0v) is 13.6. The summed E-state index contributed by atoms with van der Waals surface area (Å²) in [6.45, 7) is 3.21. The van der Waals surface area contributed by atoms with Crippen LogP contribution in [0.2, 0.25) is 0 Å². The second kappa shape index (κ2) is 5.10. The molecular weight excluding hydrogens is 296 g/mol. The number of rotatable bonds is 3. The molecule has 118 valence electrons. The van der Waals surface area contributed by atoms with Gasteiger partial charge < -0.3 is 8.98 Å². The van der Waals surface area contributed by atoms with Gasteiger partial charge in [0.15, 0.2) is 0 Å². The standard InChI is InChI=1S/C21H18N2O/c1-2-3-13-23-17-11-10-15-14-7-4-5-9-18(14)24-20(15)19(17)16-8-6-12-22-21(16)23/h4-12H,2-3,13H2,1H3. The van der Waals surface area contributed by atoms with Crippen molar-refractivity contribution in [2.24, 2.45) is 0 Å². The van der Waals surface area contributed by atoms with Gasteiger partial charge in [0.1, 0.15) is 16.8 Å². The number of pyridine rings is 1. The van der Waals surface area contributed by atoms with E-state index in [1.807, 2.05) is 24.4 Å². The molecule has 24 heavy (non-hydrogen) atoms. The van der Waals surface area contributed by atoms with Crippen molar-refractivity contribution in [2.45, 2.75) is 26.3 Å². The van der Waals surface area contributed by atoms with Gasteiger partial charge in [-0.15, -0.1) is 0 Å². The predicted molar refractivity (Wildman–Crippen MR) is 99.4 cm³/mol. The van der Waals surface area contributed by atoms with Gasteiger partial charge in [-0.25, -0.2) is 4.98 Å². The molecular formula is C21H18N2O. The molecule has 3 nitrogen and oxygen atoms in total. The van der Waals surface area contributed by atoms with E-state index >= 15 is 0 Å². The van der Waals surface area contributed by atoms with Crippen LogP contribution in [0, 0.1) is 0 Å². The molecule has 5 aromatic rings. The summed E-state index contributed by atoms with van der Waals surface area (Å²) in [5, 5.41) is 4.71. The van der Waals surface area contributed by atoms with Crippen LogP contribution in [0.5, 0.6) is 0 Å². The summed E-state index contributed by atoms with van der Waals surface area (Å²) in [7, 11) is 0. The molecule has 0 aliphatic rings. The number of benzene rings is 2. The van der Waals surface area contributed by atoms with E-state index in [4.69, 9.17) is 4.42 Å². The van der Waals surface area contributed by atoms with E-state index in [9.17, 15) is 0 Å². The molecule has 0 atom stereocenters. The Morgan fingerprint density at radius 2 is 1.83 bits per heavy atom. The third-order valence-corrected chi connectivity index (χ3v) is 4.86. The molecule has 2 aromatic carbocycles. The zero-order chi connectivity index (χ0) is 16.1. The number of nitrogens with zero attached hydrogens (tertiary/aromatic N) is 2. The summed E-state index contributed by atoms with van der Waals surface area (Å²) >= 11 is 0. The molecule has 3 heteroatoms. The number of aryl methyl sites for hydroxylation is 1. The average Bonchev–Trinajstić information content (AvgIpc) is 3.15. The number of unbranched alkanes of at least 4 members (excludes halogenated alkanes) is 1. The van der Waals surface area contributed by atoms with Crippen LogP contribution in [0.25, 0.3) is 43.9 Å². The molecule has 0 bridgehead atoms. The summed E-state index contributed by atoms with van der Waals surface area (Å²) in [6.07, 6.45) is 4.19. The van der Waals surface area contributed by atoms with Gasteiger partial charge in [0.05, 0.1) is 10.9 Å². The van der Waals surface area contributed by atoms with Crippen molar-refractivity contribution in [3.63, 3.8) is 0 Å². The van der Waals surface area contributed by atoms with Crippen LogP contribution in [0.1, 0.15) is 19.8 Å². The minimum Gasteiger partial charge on any atom is -0.455 e. The molecule has 0 amide bonds. The molecule has 0 saturated heterocycles. The minimum atomic E-state index is 0.943. The van der Waals surface area contributed by atoms with Gasteiger partial charge in [-0.05, 0) is 36.8 Å². The smallest absolute Gasteiger partial charge is 0.145 e. The van der Waals surface area contributed by atoms with Crippen LogP contribution in [0.3, 0.4) is 0 Å². The monoisotopic (exact) mass is 314 g/mol. The number of fused-ring (bicyclic) bond motifs is 7. The summed E-state index contributed by atoms with van der Waals surface area (Å²) in [5.41, 5.74) is 4.18. The molecule has 0 fully saturated rings. The highest BCUT2D eigenvalue weighted by atomic mass is 16.3. The Balaban J connectivity index is 1.98. The minimum absolute atomic E-state index is 0.943. The maximum absolute atomic E-state index is 6.25. The molecule has 0 spiro atoms. The van der Waals surface area contributed by atoms with Crippen molar-refractivity contribution in [1.82, 2.24) is 9.55 Å². The van der Waals surface area contributed by atoms with Gasteiger partial charge in [0.25, 0.3) is 0 Å². The van der Waals surface area contributed by atoms with Crippen molar-refractivity contribution in [3.05, 3.63) is 54.7 Å². The largest absolute Gasteiger partial charge is 0.455 e. The lowest BCUT2D eigenvalue weighted by Crippen LogP contribution is -1.98. The van der Waals surface area contributed by atoms with Crippen molar-refractivity contribution >= 4 is 43.9 Å². The highest BCUT2D eigenvalue weighted by Crippen LogP contribution is 2.38. The lowest BCUT2D eigenvalue weighted by molar-refractivity contribution is 0.659. The van der Waals surface area contributed by atoms with Crippen molar-refractivity contribution in [3.8, 4) is 0 Å². The van der Waals surface area contributed by atoms with Gasteiger partial charge in [0, 0.05) is 28.9 Å². The lowest BCUT2D eigenvalue weighted by Gasteiger charge is -2.05.